The molecule has 1 fully saturated rings. The van der Waals surface area contributed by atoms with E-state index in [2.05, 4.69) is 10.1 Å². The minimum absolute atomic E-state index is 0.0493. The van der Waals surface area contributed by atoms with Gasteiger partial charge in [0.2, 0.25) is 5.82 Å². The van der Waals surface area contributed by atoms with Gasteiger partial charge in [0.1, 0.15) is 6.10 Å². The lowest BCUT2D eigenvalue weighted by Crippen LogP contribution is -1.97. The van der Waals surface area contributed by atoms with Gasteiger partial charge in [-0.3, -0.25) is 0 Å². The maximum Gasteiger partial charge on any atom is 0.258 e. The number of nitrogen functional groups attached to an aromatic ring is 1. The fourth-order valence-electron chi connectivity index (χ4n) is 1.92. The number of nitrogens with zero attached hydrogens (tertiary/aromatic N) is 2. The molecule has 2 heterocycles. The second-order valence-corrected chi connectivity index (χ2v) is 4.60. The zero-order valence-electron chi connectivity index (χ0n) is 9.60. The van der Waals surface area contributed by atoms with Crippen LogP contribution in [0.5, 0.6) is 0 Å². The molecule has 1 aromatic carbocycles. The molecule has 94 valence electrons. The molecule has 1 aromatic heterocycles. The summed E-state index contributed by atoms with van der Waals surface area (Å²) in [6.07, 6.45) is 1.91. The Hall–Kier alpha value is -1.59. The molecular formula is C12H12ClN3O2. The summed E-state index contributed by atoms with van der Waals surface area (Å²) >= 11 is 5.96. The summed E-state index contributed by atoms with van der Waals surface area (Å²) < 4.78 is 10.7. The predicted octanol–water partition coefficient (Wildman–Crippen LogP) is 2.82. The van der Waals surface area contributed by atoms with E-state index in [1.165, 1.54) is 0 Å². The third-order valence-corrected chi connectivity index (χ3v) is 3.23. The van der Waals surface area contributed by atoms with Crippen LogP contribution in [0.4, 0.5) is 5.69 Å². The minimum Gasteiger partial charge on any atom is -0.398 e. The summed E-state index contributed by atoms with van der Waals surface area (Å²) in [5.74, 6) is 1.03. The maximum absolute atomic E-state index is 5.96. The van der Waals surface area contributed by atoms with Gasteiger partial charge in [-0.05, 0) is 31.0 Å². The Kier molecular flexibility index (Phi) is 2.93. The van der Waals surface area contributed by atoms with Crippen molar-refractivity contribution in [2.75, 3.05) is 12.3 Å². The summed E-state index contributed by atoms with van der Waals surface area (Å²) in [6, 6.07) is 5.23. The molecule has 0 spiro atoms. The first kappa shape index (κ1) is 11.5. The number of nitrogens with two attached hydrogens (primary N) is 1. The predicted molar refractivity (Wildman–Crippen MR) is 67.1 cm³/mol. The van der Waals surface area contributed by atoms with Crippen molar-refractivity contribution in [2.45, 2.75) is 18.9 Å². The summed E-state index contributed by atoms with van der Waals surface area (Å²) in [5, 5.41) is 4.42. The van der Waals surface area contributed by atoms with Crippen LogP contribution in [0.2, 0.25) is 5.02 Å². The van der Waals surface area contributed by atoms with E-state index in [9.17, 15) is 0 Å². The molecule has 18 heavy (non-hydrogen) atoms. The average molecular weight is 266 g/mol. The van der Waals surface area contributed by atoms with Gasteiger partial charge in [0.05, 0.1) is 10.7 Å². The Bertz CT molecular complexity index is 564. The molecule has 6 heteroatoms. The molecule has 3 rings (SSSR count). The molecule has 0 radical (unpaired) electrons. The standard InChI is InChI=1S/C12H12ClN3O2/c13-8-6-7(3-4-9(8)14)12-15-11(16-18-12)10-2-1-5-17-10/h3-4,6,10H,1-2,5,14H2. The van der Waals surface area contributed by atoms with Crippen molar-refractivity contribution in [3.63, 3.8) is 0 Å². The van der Waals surface area contributed by atoms with Crippen molar-refractivity contribution >= 4 is 17.3 Å². The van der Waals surface area contributed by atoms with Gasteiger partial charge in [0.25, 0.3) is 5.89 Å². The summed E-state index contributed by atoms with van der Waals surface area (Å²) in [6.45, 7) is 0.752. The largest absolute Gasteiger partial charge is 0.398 e. The van der Waals surface area contributed by atoms with Crippen molar-refractivity contribution in [3.8, 4) is 11.5 Å². The van der Waals surface area contributed by atoms with E-state index in [1.807, 2.05) is 0 Å². The Balaban J connectivity index is 1.89. The highest BCUT2D eigenvalue weighted by Gasteiger charge is 2.23. The number of hydrogen-bond donors (Lipinski definition) is 1. The lowest BCUT2D eigenvalue weighted by atomic mass is 10.2. The third kappa shape index (κ3) is 2.07. The molecule has 2 aromatic rings. The molecule has 1 aliphatic heterocycles. The van der Waals surface area contributed by atoms with Gasteiger partial charge in [-0.1, -0.05) is 16.8 Å². The van der Waals surface area contributed by atoms with Gasteiger partial charge in [-0.25, -0.2) is 0 Å². The maximum atomic E-state index is 5.96. The van der Waals surface area contributed by atoms with E-state index < -0.39 is 0 Å². The van der Waals surface area contributed by atoms with Crippen LogP contribution in [-0.4, -0.2) is 16.7 Å². The van der Waals surface area contributed by atoms with Crippen LogP contribution < -0.4 is 5.73 Å². The highest BCUT2D eigenvalue weighted by Crippen LogP contribution is 2.30. The normalized spacial score (nSPS) is 19.3. The quantitative estimate of drug-likeness (QED) is 0.845. The van der Waals surface area contributed by atoms with E-state index in [4.69, 9.17) is 26.6 Å². The van der Waals surface area contributed by atoms with Crippen LogP contribution in [0.3, 0.4) is 0 Å². The van der Waals surface area contributed by atoms with Gasteiger partial charge >= 0.3 is 0 Å². The molecule has 1 atom stereocenters. The van der Waals surface area contributed by atoms with Crippen LogP contribution in [-0.2, 0) is 4.74 Å². The molecule has 1 saturated heterocycles. The minimum atomic E-state index is -0.0493. The number of ether oxygens (including phenoxy) is 1. The number of anilines is 1. The smallest absolute Gasteiger partial charge is 0.258 e. The second-order valence-electron chi connectivity index (χ2n) is 4.20. The van der Waals surface area contributed by atoms with Gasteiger partial charge in [-0.15, -0.1) is 0 Å². The molecule has 0 amide bonds. The van der Waals surface area contributed by atoms with E-state index in [1.54, 1.807) is 18.2 Å². The van der Waals surface area contributed by atoms with Gasteiger partial charge < -0.3 is 15.0 Å². The zero-order valence-corrected chi connectivity index (χ0v) is 10.4. The Labute approximate surface area is 109 Å². The van der Waals surface area contributed by atoms with Gasteiger partial charge in [0.15, 0.2) is 0 Å². The van der Waals surface area contributed by atoms with Gasteiger partial charge in [0, 0.05) is 12.2 Å². The van der Waals surface area contributed by atoms with Crippen molar-refractivity contribution in [3.05, 3.63) is 29.0 Å². The first-order valence-corrected chi connectivity index (χ1v) is 6.12. The molecule has 0 bridgehead atoms. The molecule has 1 unspecified atom stereocenters. The fourth-order valence-corrected chi connectivity index (χ4v) is 2.10. The lowest BCUT2D eigenvalue weighted by molar-refractivity contribution is 0.103. The average Bonchev–Trinajstić information content (AvgIpc) is 3.01. The Morgan fingerprint density at radius 2 is 2.28 bits per heavy atom. The van der Waals surface area contributed by atoms with E-state index >= 15 is 0 Å². The second kappa shape index (κ2) is 4.59. The summed E-state index contributed by atoms with van der Waals surface area (Å²) in [5.41, 5.74) is 6.94. The van der Waals surface area contributed by atoms with E-state index in [0.29, 0.717) is 22.4 Å². The molecule has 0 saturated carbocycles. The van der Waals surface area contributed by atoms with Crippen LogP contribution >= 0.6 is 11.6 Å². The molecule has 0 aliphatic carbocycles. The lowest BCUT2D eigenvalue weighted by Gasteiger charge is -2.01. The monoisotopic (exact) mass is 265 g/mol. The molecule has 5 nitrogen and oxygen atoms in total. The van der Waals surface area contributed by atoms with Crippen LogP contribution in [0.25, 0.3) is 11.5 Å². The zero-order chi connectivity index (χ0) is 12.5. The first-order chi connectivity index (χ1) is 8.74. The van der Waals surface area contributed by atoms with E-state index in [0.717, 1.165) is 25.0 Å². The summed E-state index contributed by atoms with van der Waals surface area (Å²) in [4.78, 5) is 4.33. The van der Waals surface area contributed by atoms with Crippen LogP contribution in [0.15, 0.2) is 22.7 Å². The third-order valence-electron chi connectivity index (χ3n) is 2.91. The highest BCUT2D eigenvalue weighted by atomic mass is 35.5. The van der Waals surface area contributed by atoms with E-state index in [-0.39, 0.29) is 6.10 Å². The van der Waals surface area contributed by atoms with Crippen molar-refractivity contribution < 1.29 is 9.26 Å². The number of benzene rings is 1. The van der Waals surface area contributed by atoms with Crippen molar-refractivity contribution in [2.24, 2.45) is 0 Å². The number of rotatable bonds is 2. The van der Waals surface area contributed by atoms with Crippen LogP contribution in [0, 0.1) is 0 Å². The Morgan fingerprint density at radius 3 is 3.00 bits per heavy atom. The highest BCUT2D eigenvalue weighted by molar-refractivity contribution is 6.33. The number of aromatic nitrogens is 2. The fraction of sp³-hybridized carbons (Fsp3) is 0.333. The molecular weight excluding hydrogens is 254 g/mol. The molecule has 2 N–H and O–H groups in total. The molecule has 1 aliphatic rings. The van der Waals surface area contributed by atoms with Crippen molar-refractivity contribution in [1.82, 2.24) is 10.1 Å². The SMILES string of the molecule is Nc1ccc(-c2nc(C3CCCO3)no2)cc1Cl. The number of hydrogen-bond acceptors (Lipinski definition) is 5. The topological polar surface area (TPSA) is 74.2 Å². The Morgan fingerprint density at radius 1 is 1.39 bits per heavy atom. The first-order valence-electron chi connectivity index (χ1n) is 5.74. The number of halogens is 1. The van der Waals surface area contributed by atoms with Gasteiger partial charge in [-0.2, -0.15) is 4.98 Å². The summed E-state index contributed by atoms with van der Waals surface area (Å²) in [7, 11) is 0. The van der Waals surface area contributed by atoms with Crippen molar-refractivity contribution in [1.29, 1.82) is 0 Å². The van der Waals surface area contributed by atoms with Crippen LogP contribution in [0.1, 0.15) is 24.8 Å².